The molecule has 0 saturated heterocycles. The fourth-order valence-corrected chi connectivity index (χ4v) is 4.54. The van der Waals surface area contributed by atoms with Crippen molar-refractivity contribution in [2.45, 2.75) is 20.4 Å². The van der Waals surface area contributed by atoms with E-state index >= 15 is 0 Å². The van der Waals surface area contributed by atoms with Crippen LogP contribution in [-0.4, -0.2) is 48.0 Å². The Kier molecular flexibility index (Phi) is 4.28. The summed E-state index contributed by atoms with van der Waals surface area (Å²) < 4.78 is 8.95. The number of aromatic nitrogens is 5. The molecule has 0 fully saturated rings. The van der Waals surface area contributed by atoms with Gasteiger partial charge in [0.1, 0.15) is 12.1 Å². The van der Waals surface area contributed by atoms with Crippen LogP contribution in [0.2, 0.25) is 0 Å². The summed E-state index contributed by atoms with van der Waals surface area (Å²) in [6.07, 6.45) is 1.61. The third kappa shape index (κ3) is 2.76. The molecule has 9 nitrogen and oxygen atoms in total. The number of hydrogen-bond acceptors (Lipinski definition) is 6. The zero-order valence-corrected chi connectivity index (χ0v) is 18.8. The number of aryl methyl sites for hydroxylation is 1. The lowest BCUT2D eigenvalue weighted by Crippen LogP contribution is -2.29. The van der Waals surface area contributed by atoms with Gasteiger partial charge in [-0.05, 0) is 55.8 Å². The van der Waals surface area contributed by atoms with Crippen molar-refractivity contribution in [1.82, 2.24) is 29.0 Å². The minimum atomic E-state index is -0.333. The molecule has 0 spiro atoms. The van der Waals surface area contributed by atoms with Crippen molar-refractivity contribution in [3.05, 3.63) is 83.1 Å². The number of benzene rings is 2. The fraction of sp³-hybridized carbons (Fsp3) is 0.160. The summed E-state index contributed by atoms with van der Waals surface area (Å²) in [5.41, 5.74) is 5.22. The van der Waals surface area contributed by atoms with Gasteiger partial charge in [-0.15, -0.1) is 5.10 Å². The standard InChI is InChI=1S/C25H20N6O3/c1-14-15(2)31(16-8-10-17(34-3)11-9-16)22-21(14)23-27-20(28-30(23)13-26-22)12-29-24(32)18-6-4-5-7-19(18)25(29)33/h4-11,13H,12H2,1-3H3. The molecule has 0 atom stereocenters. The largest absolute Gasteiger partial charge is 0.497 e. The molecule has 9 heteroatoms. The predicted molar refractivity (Wildman–Crippen MR) is 124 cm³/mol. The SMILES string of the molecule is COc1ccc(-n2c(C)c(C)c3c2ncn2nc(CN4C(=O)c5ccccc5C4=O)nc32)cc1. The Morgan fingerprint density at radius 3 is 2.24 bits per heavy atom. The Morgan fingerprint density at radius 1 is 0.912 bits per heavy atom. The first-order valence-corrected chi connectivity index (χ1v) is 10.8. The van der Waals surface area contributed by atoms with Gasteiger partial charge in [0.2, 0.25) is 0 Å². The Balaban J connectivity index is 1.43. The average Bonchev–Trinajstić information content (AvgIpc) is 3.46. The van der Waals surface area contributed by atoms with Gasteiger partial charge in [-0.1, -0.05) is 12.1 Å². The molecule has 6 rings (SSSR count). The lowest BCUT2D eigenvalue weighted by Gasteiger charge is -2.10. The van der Waals surface area contributed by atoms with E-state index in [-0.39, 0.29) is 18.4 Å². The number of nitrogens with zero attached hydrogens (tertiary/aromatic N) is 6. The van der Waals surface area contributed by atoms with E-state index in [1.807, 2.05) is 38.1 Å². The van der Waals surface area contributed by atoms with Crippen LogP contribution < -0.4 is 4.74 Å². The maximum absolute atomic E-state index is 12.8. The van der Waals surface area contributed by atoms with Gasteiger partial charge in [-0.25, -0.2) is 14.5 Å². The molecule has 0 radical (unpaired) electrons. The van der Waals surface area contributed by atoms with Gasteiger partial charge >= 0.3 is 0 Å². The van der Waals surface area contributed by atoms with Crippen LogP contribution in [0, 0.1) is 13.8 Å². The summed E-state index contributed by atoms with van der Waals surface area (Å²) in [5, 5.41) is 5.38. The van der Waals surface area contributed by atoms with Crippen molar-refractivity contribution in [1.29, 1.82) is 0 Å². The van der Waals surface area contributed by atoms with E-state index in [1.54, 1.807) is 42.2 Å². The Labute approximate surface area is 194 Å². The monoisotopic (exact) mass is 452 g/mol. The van der Waals surface area contributed by atoms with Gasteiger partial charge in [0.15, 0.2) is 17.1 Å². The highest BCUT2D eigenvalue weighted by atomic mass is 16.5. The summed E-state index contributed by atoms with van der Waals surface area (Å²) in [5.74, 6) is 0.485. The number of fused-ring (bicyclic) bond motifs is 4. The van der Waals surface area contributed by atoms with Crippen LogP contribution in [-0.2, 0) is 6.54 Å². The summed E-state index contributed by atoms with van der Waals surface area (Å²) in [6.45, 7) is 4.05. The van der Waals surface area contributed by atoms with E-state index in [1.165, 1.54) is 4.90 Å². The van der Waals surface area contributed by atoms with Gasteiger partial charge in [0.05, 0.1) is 30.2 Å². The van der Waals surface area contributed by atoms with Crippen molar-refractivity contribution < 1.29 is 14.3 Å². The second-order valence-electron chi connectivity index (χ2n) is 8.23. The lowest BCUT2D eigenvalue weighted by atomic mass is 10.1. The molecule has 1 aliphatic rings. The van der Waals surface area contributed by atoms with Crippen LogP contribution in [0.3, 0.4) is 0 Å². The molecular formula is C25H20N6O3. The molecule has 0 bridgehead atoms. The van der Waals surface area contributed by atoms with Crippen molar-refractivity contribution in [3.8, 4) is 11.4 Å². The van der Waals surface area contributed by atoms with Crippen molar-refractivity contribution >= 4 is 28.5 Å². The first-order chi connectivity index (χ1) is 16.5. The summed E-state index contributed by atoms with van der Waals surface area (Å²) in [6, 6.07) is 14.6. The maximum atomic E-state index is 12.8. The van der Waals surface area contributed by atoms with E-state index in [0.29, 0.717) is 22.6 Å². The molecule has 0 saturated carbocycles. The Bertz CT molecular complexity index is 1600. The molecule has 2 amide bonds. The first-order valence-electron chi connectivity index (χ1n) is 10.8. The highest BCUT2D eigenvalue weighted by Crippen LogP contribution is 2.31. The Morgan fingerprint density at radius 2 is 1.59 bits per heavy atom. The maximum Gasteiger partial charge on any atom is 0.261 e. The molecule has 0 N–H and O–H groups in total. The molecule has 2 aromatic carbocycles. The normalized spacial score (nSPS) is 13.3. The van der Waals surface area contributed by atoms with Crippen LogP contribution >= 0.6 is 0 Å². The second kappa shape index (κ2) is 7.24. The first kappa shape index (κ1) is 20.1. The average molecular weight is 452 g/mol. The number of carbonyl (C=O) groups is 2. The predicted octanol–water partition coefficient (Wildman–Crippen LogP) is 3.49. The van der Waals surface area contributed by atoms with Gasteiger partial charge < -0.3 is 4.74 Å². The number of ether oxygens (including phenoxy) is 1. The molecule has 3 aromatic heterocycles. The van der Waals surface area contributed by atoms with E-state index in [4.69, 9.17) is 9.72 Å². The number of methoxy groups -OCH3 is 1. The number of amides is 2. The molecule has 5 aromatic rings. The molecule has 1 aliphatic heterocycles. The van der Waals surface area contributed by atoms with E-state index < -0.39 is 0 Å². The zero-order chi connectivity index (χ0) is 23.6. The number of carbonyl (C=O) groups excluding carboxylic acids is 2. The third-order valence-corrected chi connectivity index (χ3v) is 6.39. The van der Waals surface area contributed by atoms with Crippen LogP contribution in [0.25, 0.3) is 22.4 Å². The van der Waals surface area contributed by atoms with Crippen molar-refractivity contribution in [2.24, 2.45) is 0 Å². The fourth-order valence-electron chi connectivity index (χ4n) is 4.54. The van der Waals surface area contributed by atoms with Crippen molar-refractivity contribution in [3.63, 3.8) is 0 Å². The van der Waals surface area contributed by atoms with Crippen LogP contribution in [0.5, 0.6) is 5.75 Å². The molecule has 4 heterocycles. The second-order valence-corrected chi connectivity index (χ2v) is 8.23. The van der Waals surface area contributed by atoms with E-state index in [2.05, 4.69) is 14.6 Å². The highest BCUT2D eigenvalue weighted by Gasteiger charge is 2.36. The number of hydrogen-bond donors (Lipinski definition) is 0. The lowest BCUT2D eigenvalue weighted by molar-refractivity contribution is 0.0638. The van der Waals surface area contributed by atoms with Gasteiger partial charge in [0, 0.05) is 11.4 Å². The minimum Gasteiger partial charge on any atom is -0.497 e. The van der Waals surface area contributed by atoms with Crippen molar-refractivity contribution in [2.75, 3.05) is 7.11 Å². The van der Waals surface area contributed by atoms with Crippen LogP contribution in [0.4, 0.5) is 0 Å². The van der Waals surface area contributed by atoms with Gasteiger partial charge in [0.25, 0.3) is 11.8 Å². The summed E-state index contributed by atoms with van der Waals surface area (Å²) >= 11 is 0. The van der Waals surface area contributed by atoms with Gasteiger partial charge in [-0.3, -0.25) is 19.1 Å². The topological polar surface area (TPSA) is 94.6 Å². The summed E-state index contributed by atoms with van der Waals surface area (Å²) in [7, 11) is 1.64. The minimum absolute atomic E-state index is 0.00720. The molecule has 0 aliphatic carbocycles. The molecule has 0 unspecified atom stereocenters. The number of imide groups is 1. The third-order valence-electron chi connectivity index (χ3n) is 6.39. The number of rotatable bonds is 4. The summed E-state index contributed by atoms with van der Waals surface area (Å²) in [4.78, 5) is 36.1. The van der Waals surface area contributed by atoms with E-state index in [0.717, 1.165) is 33.7 Å². The molecular weight excluding hydrogens is 432 g/mol. The molecule has 168 valence electrons. The quantitative estimate of drug-likeness (QED) is 0.388. The molecule has 34 heavy (non-hydrogen) atoms. The highest BCUT2D eigenvalue weighted by molar-refractivity contribution is 6.21. The zero-order valence-electron chi connectivity index (χ0n) is 18.8. The smallest absolute Gasteiger partial charge is 0.261 e. The Hall–Kier alpha value is -4.53. The van der Waals surface area contributed by atoms with E-state index in [9.17, 15) is 9.59 Å². The van der Waals surface area contributed by atoms with Crippen LogP contribution in [0.1, 0.15) is 37.8 Å². The van der Waals surface area contributed by atoms with Crippen LogP contribution in [0.15, 0.2) is 54.9 Å². The van der Waals surface area contributed by atoms with Gasteiger partial charge in [-0.2, -0.15) is 0 Å².